The maximum absolute atomic E-state index is 13.1. The topological polar surface area (TPSA) is 12.0 Å². The molecule has 0 spiro atoms. The van der Waals surface area contributed by atoms with Crippen molar-refractivity contribution < 1.29 is 4.39 Å². The van der Waals surface area contributed by atoms with Crippen LogP contribution in [0.2, 0.25) is 0 Å². The van der Waals surface area contributed by atoms with Gasteiger partial charge in [0, 0.05) is 12.1 Å². The molecule has 0 saturated heterocycles. The van der Waals surface area contributed by atoms with Crippen LogP contribution in [0.15, 0.2) is 18.2 Å². The van der Waals surface area contributed by atoms with Crippen molar-refractivity contribution in [3.8, 4) is 0 Å². The van der Waals surface area contributed by atoms with Crippen LogP contribution in [0.5, 0.6) is 0 Å². The molecule has 1 fully saturated rings. The lowest BCUT2D eigenvalue weighted by Gasteiger charge is -2.13. The van der Waals surface area contributed by atoms with Gasteiger partial charge in [0.2, 0.25) is 0 Å². The predicted octanol–water partition coefficient (Wildman–Crippen LogP) is 2.81. The summed E-state index contributed by atoms with van der Waals surface area (Å²) < 4.78 is 13.1. The molecule has 2 heteroatoms. The molecule has 2 aliphatic carbocycles. The van der Waals surface area contributed by atoms with Gasteiger partial charge < -0.3 is 5.32 Å². The highest BCUT2D eigenvalue weighted by Gasteiger charge is 2.36. The molecular formula is C13H16FN. The SMILES string of the molecule is CC1CC1NC1CCc2ccc(F)cc21. The Hall–Kier alpha value is -0.890. The highest BCUT2D eigenvalue weighted by atomic mass is 19.1. The Morgan fingerprint density at radius 2 is 2.20 bits per heavy atom. The van der Waals surface area contributed by atoms with E-state index in [4.69, 9.17) is 0 Å². The monoisotopic (exact) mass is 205 g/mol. The summed E-state index contributed by atoms with van der Waals surface area (Å²) in [5.74, 6) is 0.703. The molecule has 3 atom stereocenters. The molecule has 0 bridgehead atoms. The minimum Gasteiger partial charge on any atom is -0.307 e. The summed E-state index contributed by atoms with van der Waals surface area (Å²) in [7, 11) is 0. The Labute approximate surface area is 89.7 Å². The standard InChI is InChI=1S/C13H16FN/c1-8-6-13(8)15-12-5-3-9-2-4-10(14)7-11(9)12/h2,4,7-8,12-13,15H,3,5-6H2,1H3. The number of fused-ring (bicyclic) bond motifs is 1. The Balaban J connectivity index is 1.81. The number of halogens is 1. The van der Waals surface area contributed by atoms with E-state index in [-0.39, 0.29) is 5.82 Å². The number of hydrogen-bond donors (Lipinski definition) is 1. The van der Waals surface area contributed by atoms with Gasteiger partial charge in [-0.25, -0.2) is 4.39 Å². The van der Waals surface area contributed by atoms with Gasteiger partial charge in [-0.15, -0.1) is 0 Å². The van der Waals surface area contributed by atoms with Crippen LogP contribution in [0.1, 0.15) is 36.9 Å². The fraction of sp³-hybridized carbons (Fsp3) is 0.538. The van der Waals surface area contributed by atoms with Crippen LogP contribution in [0.25, 0.3) is 0 Å². The summed E-state index contributed by atoms with van der Waals surface area (Å²) in [6.45, 7) is 2.26. The van der Waals surface area contributed by atoms with Crippen molar-refractivity contribution in [2.24, 2.45) is 5.92 Å². The van der Waals surface area contributed by atoms with E-state index in [1.165, 1.54) is 17.5 Å². The lowest BCUT2D eigenvalue weighted by atomic mass is 10.1. The molecule has 80 valence electrons. The van der Waals surface area contributed by atoms with Crippen molar-refractivity contribution in [1.29, 1.82) is 0 Å². The first-order chi connectivity index (χ1) is 7.24. The molecular weight excluding hydrogens is 189 g/mol. The fourth-order valence-electron chi connectivity index (χ4n) is 2.56. The van der Waals surface area contributed by atoms with Crippen molar-refractivity contribution in [2.45, 2.75) is 38.3 Å². The maximum atomic E-state index is 13.1. The summed E-state index contributed by atoms with van der Waals surface area (Å²) in [6.07, 6.45) is 3.50. The van der Waals surface area contributed by atoms with Crippen LogP contribution in [0.3, 0.4) is 0 Å². The third-order valence-corrected chi connectivity index (χ3v) is 3.71. The molecule has 2 aliphatic rings. The highest BCUT2D eigenvalue weighted by molar-refractivity contribution is 5.35. The normalized spacial score (nSPS) is 32.8. The first-order valence-electron chi connectivity index (χ1n) is 5.78. The molecule has 1 nitrogen and oxygen atoms in total. The van der Waals surface area contributed by atoms with Gasteiger partial charge in [0.1, 0.15) is 5.82 Å². The van der Waals surface area contributed by atoms with E-state index < -0.39 is 0 Å². The number of nitrogens with one attached hydrogen (secondary N) is 1. The third kappa shape index (κ3) is 1.67. The van der Waals surface area contributed by atoms with E-state index in [9.17, 15) is 4.39 Å². The zero-order valence-electron chi connectivity index (χ0n) is 8.96. The fourth-order valence-corrected chi connectivity index (χ4v) is 2.56. The number of benzene rings is 1. The van der Waals surface area contributed by atoms with Gasteiger partial charge in [-0.2, -0.15) is 0 Å². The van der Waals surface area contributed by atoms with Crippen LogP contribution in [-0.2, 0) is 6.42 Å². The largest absolute Gasteiger partial charge is 0.307 e. The lowest BCUT2D eigenvalue weighted by Crippen LogP contribution is -2.22. The highest BCUT2D eigenvalue weighted by Crippen LogP contribution is 2.37. The van der Waals surface area contributed by atoms with Crippen LogP contribution in [-0.4, -0.2) is 6.04 Å². The zero-order valence-corrected chi connectivity index (χ0v) is 8.96. The van der Waals surface area contributed by atoms with Gasteiger partial charge in [0.25, 0.3) is 0 Å². The Morgan fingerprint density at radius 1 is 1.40 bits per heavy atom. The van der Waals surface area contributed by atoms with Gasteiger partial charge in [-0.3, -0.25) is 0 Å². The van der Waals surface area contributed by atoms with E-state index in [1.54, 1.807) is 12.1 Å². The minimum atomic E-state index is -0.105. The second-order valence-electron chi connectivity index (χ2n) is 4.92. The summed E-state index contributed by atoms with van der Waals surface area (Å²) in [6, 6.07) is 6.27. The molecule has 0 aromatic heterocycles. The number of aryl methyl sites for hydroxylation is 1. The van der Waals surface area contributed by atoms with Crippen LogP contribution in [0, 0.1) is 11.7 Å². The first kappa shape index (κ1) is 9.34. The number of rotatable bonds is 2. The van der Waals surface area contributed by atoms with Gasteiger partial charge in [0.05, 0.1) is 0 Å². The molecule has 3 rings (SSSR count). The molecule has 0 radical (unpaired) electrons. The maximum Gasteiger partial charge on any atom is 0.123 e. The number of hydrogen-bond acceptors (Lipinski definition) is 1. The smallest absolute Gasteiger partial charge is 0.123 e. The second kappa shape index (κ2) is 3.31. The van der Waals surface area contributed by atoms with Crippen LogP contribution in [0.4, 0.5) is 4.39 Å². The lowest BCUT2D eigenvalue weighted by molar-refractivity contribution is 0.510. The van der Waals surface area contributed by atoms with E-state index >= 15 is 0 Å². The average molecular weight is 205 g/mol. The molecule has 1 N–H and O–H groups in total. The summed E-state index contributed by atoms with van der Waals surface area (Å²) >= 11 is 0. The molecule has 1 saturated carbocycles. The van der Waals surface area contributed by atoms with Gasteiger partial charge in [-0.1, -0.05) is 13.0 Å². The van der Waals surface area contributed by atoms with Crippen molar-refractivity contribution in [3.63, 3.8) is 0 Å². The molecule has 0 amide bonds. The summed E-state index contributed by atoms with van der Waals surface area (Å²) in [5, 5.41) is 3.62. The van der Waals surface area contributed by atoms with Crippen LogP contribution < -0.4 is 5.32 Å². The Bertz CT molecular complexity index is 388. The van der Waals surface area contributed by atoms with Crippen molar-refractivity contribution >= 4 is 0 Å². The van der Waals surface area contributed by atoms with E-state index in [0.29, 0.717) is 12.1 Å². The van der Waals surface area contributed by atoms with Gasteiger partial charge >= 0.3 is 0 Å². The Kier molecular flexibility index (Phi) is 2.06. The van der Waals surface area contributed by atoms with E-state index in [0.717, 1.165) is 18.8 Å². The summed E-state index contributed by atoms with van der Waals surface area (Å²) in [4.78, 5) is 0. The zero-order chi connectivity index (χ0) is 10.4. The minimum absolute atomic E-state index is 0.105. The van der Waals surface area contributed by atoms with Crippen molar-refractivity contribution in [1.82, 2.24) is 5.32 Å². The summed E-state index contributed by atoms with van der Waals surface area (Å²) in [5.41, 5.74) is 2.51. The molecule has 0 aliphatic heterocycles. The van der Waals surface area contributed by atoms with Gasteiger partial charge in [-0.05, 0) is 48.4 Å². The van der Waals surface area contributed by atoms with Crippen molar-refractivity contribution in [3.05, 3.63) is 35.1 Å². The molecule has 1 aromatic rings. The van der Waals surface area contributed by atoms with E-state index in [2.05, 4.69) is 12.2 Å². The van der Waals surface area contributed by atoms with E-state index in [1.807, 2.05) is 6.07 Å². The first-order valence-corrected chi connectivity index (χ1v) is 5.78. The Morgan fingerprint density at radius 3 is 2.93 bits per heavy atom. The van der Waals surface area contributed by atoms with Crippen molar-refractivity contribution in [2.75, 3.05) is 0 Å². The average Bonchev–Trinajstić information content (AvgIpc) is 2.74. The van der Waals surface area contributed by atoms with Crippen LogP contribution >= 0.6 is 0 Å². The quantitative estimate of drug-likeness (QED) is 0.782. The molecule has 1 aromatic carbocycles. The molecule has 15 heavy (non-hydrogen) atoms. The predicted molar refractivity (Wildman–Crippen MR) is 58.2 cm³/mol. The third-order valence-electron chi connectivity index (χ3n) is 3.71. The van der Waals surface area contributed by atoms with Gasteiger partial charge in [0.15, 0.2) is 0 Å². The second-order valence-corrected chi connectivity index (χ2v) is 4.92. The molecule has 0 heterocycles. The molecule has 3 unspecified atom stereocenters.